The second kappa shape index (κ2) is 10.3. The smallest absolute Gasteiger partial charge is 0.330 e. The number of unbranched alkanes of at least 4 members (excludes halogenated alkanes) is 1. The highest BCUT2D eigenvalue weighted by Gasteiger charge is 2.21. The van der Waals surface area contributed by atoms with E-state index in [1.807, 2.05) is 18.2 Å². The second-order valence-electron chi connectivity index (χ2n) is 6.79. The number of carbonyl (C=O) groups excluding carboxylic acids is 1. The van der Waals surface area contributed by atoms with E-state index in [4.69, 9.17) is 17.0 Å². The lowest BCUT2D eigenvalue weighted by Gasteiger charge is -2.34. The topological polar surface area (TPSA) is 29.5 Å². The van der Waals surface area contributed by atoms with Crippen molar-refractivity contribution >= 4 is 29.3 Å². The van der Waals surface area contributed by atoms with E-state index < -0.39 is 0 Å². The zero-order chi connectivity index (χ0) is 19.0. The molecule has 0 aromatic heterocycles. The third-order valence-electron chi connectivity index (χ3n) is 4.01. The van der Waals surface area contributed by atoms with Gasteiger partial charge in [0.25, 0.3) is 0 Å². The van der Waals surface area contributed by atoms with E-state index in [0.29, 0.717) is 18.7 Å². The maximum absolute atomic E-state index is 11.9. The van der Waals surface area contributed by atoms with Crippen molar-refractivity contribution in [3.05, 3.63) is 41.0 Å². The fraction of sp³-hybridized carbons (Fsp3) is 0.524. The number of thiocarbonyl (C=S) groups is 1. The molecule has 1 aromatic rings. The van der Waals surface area contributed by atoms with Crippen LogP contribution in [-0.4, -0.2) is 34.5 Å². The summed E-state index contributed by atoms with van der Waals surface area (Å²) in [6, 6.07) is 6.64. The van der Waals surface area contributed by atoms with Gasteiger partial charge in [-0.05, 0) is 58.2 Å². The molecule has 0 amide bonds. The number of nitrogens with zero attached hydrogens (tertiary/aromatic N) is 1. The molecule has 0 heterocycles. The molecule has 0 aliphatic heterocycles. The summed E-state index contributed by atoms with van der Waals surface area (Å²) in [6.07, 6.45) is 5.19. The van der Waals surface area contributed by atoms with E-state index in [-0.39, 0.29) is 5.97 Å². The van der Waals surface area contributed by atoms with Crippen molar-refractivity contribution in [3.63, 3.8) is 0 Å². The van der Waals surface area contributed by atoms with Crippen molar-refractivity contribution in [1.82, 2.24) is 4.90 Å². The molecular formula is C21H31NO2S. The summed E-state index contributed by atoms with van der Waals surface area (Å²) in [7, 11) is 0. The summed E-state index contributed by atoms with van der Waals surface area (Å²) in [5.41, 5.74) is 3.07. The first-order chi connectivity index (χ1) is 11.8. The van der Waals surface area contributed by atoms with Crippen LogP contribution in [0.25, 0.3) is 6.08 Å². The Labute approximate surface area is 158 Å². The van der Waals surface area contributed by atoms with Crippen LogP contribution in [0.2, 0.25) is 0 Å². The van der Waals surface area contributed by atoms with Crippen LogP contribution in [0.15, 0.2) is 24.3 Å². The van der Waals surface area contributed by atoms with Crippen LogP contribution in [0.3, 0.4) is 0 Å². The number of aryl methyl sites for hydroxylation is 1. The summed E-state index contributed by atoms with van der Waals surface area (Å²) >= 11 is 5.81. The van der Waals surface area contributed by atoms with Crippen molar-refractivity contribution < 1.29 is 9.53 Å². The molecule has 0 atom stereocenters. The minimum absolute atomic E-state index is 0.308. The van der Waals surface area contributed by atoms with Gasteiger partial charge in [0.1, 0.15) is 4.99 Å². The Morgan fingerprint density at radius 1 is 1.24 bits per heavy atom. The Hall–Kier alpha value is -1.68. The van der Waals surface area contributed by atoms with Crippen molar-refractivity contribution in [2.45, 2.75) is 66.5 Å². The van der Waals surface area contributed by atoms with Gasteiger partial charge in [-0.3, -0.25) is 0 Å². The van der Waals surface area contributed by atoms with Crippen LogP contribution in [0.4, 0.5) is 0 Å². The Kier molecular flexibility index (Phi) is 8.84. The average Bonchev–Trinajstić information content (AvgIpc) is 2.52. The van der Waals surface area contributed by atoms with Gasteiger partial charge in [-0.25, -0.2) is 4.79 Å². The quantitative estimate of drug-likeness (QED) is 0.277. The van der Waals surface area contributed by atoms with Crippen molar-refractivity contribution in [1.29, 1.82) is 0 Å². The molecule has 0 fully saturated rings. The Bertz CT molecular complexity index is 612. The van der Waals surface area contributed by atoms with E-state index >= 15 is 0 Å². The zero-order valence-electron chi connectivity index (χ0n) is 16.3. The minimum atomic E-state index is -0.309. The number of rotatable bonds is 8. The summed E-state index contributed by atoms with van der Waals surface area (Å²) in [6.45, 7) is 13.2. The Morgan fingerprint density at radius 2 is 1.88 bits per heavy atom. The molecule has 0 bridgehead atoms. The third-order valence-corrected chi connectivity index (χ3v) is 4.42. The molecule has 0 aliphatic carbocycles. The predicted molar refractivity (Wildman–Crippen MR) is 110 cm³/mol. The second-order valence-corrected chi connectivity index (χ2v) is 7.18. The van der Waals surface area contributed by atoms with Gasteiger partial charge in [0.15, 0.2) is 0 Å². The number of esters is 1. The first-order valence-corrected chi connectivity index (χ1v) is 9.47. The van der Waals surface area contributed by atoms with Gasteiger partial charge in [0.2, 0.25) is 0 Å². The maximum Gasteiger partial charge on any atom is 0.330 e. The van der Waals surface area contributed by atoms with Crippen LogP contribution in [-0.2, 0) is 9.53 Å². The summed E-state index contributed by atoms with van der Waals surface area (Å²) < 4.78 is 5.19. The lowest BCUT2D eigenvalue weighted by molar-refractivity contribution is -0.137. The van der Waals surface area contributed by atoms with Gasteiger partial charge in [-0.2, -0.15) is 0 Å². The van der Waals surface area contributed by atoms with Crippen LogP contribution < -0.4 is 0 Å². The van der Waals surface area contributed by atoms with E-state index in [9.17, 15) is 4.79 Å². The molecule has 0 aliphatic rings. The molecule has 0 spiro atoms. The standard InChI is InChI=1S/C21H31NO2S/c1-7-8-14-24-19(23)13-12-18-11-9-10-17(6)20(18)21(25)22(15(2)3)16(4)5/h9-13,15-16H,7-8,14H2,1-6H3/b13-12+. The fourth-order valence-electron chi connectivity index (χ4n) is 2.84. The molecule has 3 nitrogen and oxygen atoms in total. The zero-order valence-corrected chi connectivity index (χ0v) is 17.2. The third kappa shape index (κ3) is 6.28. The van der Waals surface area contributed by atoms with Crippen LogP contribution in [0.5, 0.6) is 0 Å². The van der Waals surface area contributed by atoms with E-state index in [0.717, 1.165) is 34.5 Å². The first-order valence-electron chi connectivity index (χ1n) is 9.06. The fourth-order valence-corrected chi connectivity index (χ4v) is 3.54. The van der Waals surface area contributed by atoms with Gasteiger partial charge in [-0.15, -0.1) is 0 Å². The van der Waals surface area contributed by atoms with Gasteiger partial charge >= 0.3 is 5.97 Å². The predicted octanol–water partition coefficient (Wildman–Crippen LogP) is 5.15. The number of benzene rings is 1. The lowest BCUT2D eigenvalue weighted by atomic mass is 9.99. The van der Waals surface area contributed by atoms with Crippen LogP contribution >= 0.6 is 12.2 Å². The monoisotopic (exact) mass is 361 g/mol. The number of ether oxygens (including phenoxy) is 1. The molecule has 0 unspecified atom stereocenters. The minimum Gasteiger partial charge on any atom is -0.463 e. The van der Waals surface area contributed by atoms with Crippen molar-refractivity contribution in [2.75, 3.05) is 6.61 Å². The van der Waals surface area contributed by atoms with Gasteiger partial charge in [-0.1, -0.05) is 43.8 Å². The van der Waals surface area contributed by atoms with Gasteiger partial charge in [0, 0.05) is 23.7 Å². The molecule has 138 valence electrons. The highest BCUT2D eigenvalue weighted by molar-refractivity contribution is 7.80. The number of hydrogen-bond donors (Lipinski definition) is 0. The van der Waals surface area contributed by atoms with Gasteiger partial charge in [0.05, 0.1) is 6.61 Å². The molecule has 25 heavy (non-hydrogen) atoms. The average molecular weight is 362 g/mol. The SMILES string of the molecule is CCCCOC(=O)/C=C/c1cccc(C)c1C(=S)N(C(C)C)C(C)C. The maximum atomic E-state index is 11.9. The Balaban J connectivity index is 3.09. The molecule has 0 N–H and O–H groups in total. The van der Waals surface area contributed by atoms with Crippen LogP contribution in [0, 0.1) is 6.92 Å². The number of carbonyl (C=O) groups is 1. The van der Waals surface area contributed by atoms with Crippen LogP contribution in [0.1, 0.15) is 64.2 Å². The summed E-state index contributed by atoms with van der Waals surface area (Å²) in [5.74, 6) is -0.309. The van der Waals surface area contributed by atoms with E-state index in [1.54, 1.807) is 0 Å². The van der Waals surface area contributed by atoms with E-state index in [2.05, 4.69) is 52.5 Å². The molecule has 4 heteroatoms. The molecule has 1 aromatic carbocycles. The molecule has 0 radical (unpaired) electrons. The van der Waals surface area contributed by atoms with Crippen molar-refractivity contribution in [2.24, 2.45) is 0 Å². The molecular weight excluding hydrogens is 330 g/mol. The van der Waals surface area contributed by atoms with E-state index in [1.165, 1.54) is 6.08 Å². The van der Waals surface area contributed by atoms with Gasteiger partial charge < -0.3 is 9.64 Å². The molecule has 0 saturated heterocycles. The Morgan fingerprint density at radius 3 is 2.44 bits per heavy atom. The number of hydrogen-bond acceptors (Lipinski definition) is 3. The lowest BCUT2D eigenvalue weighted by Crippen LogP contribution is -2.42. The molecule has 0 saturated carbocycles. The highest BCUT2D eigenvalue weighted by atomic mass is 32.1. The highest BCUT2D eigenvalue weighted by Crippen LogP contribution is 2.22. The van der Waals surface area contributed by atoms with Crippen molar-refractivity contribution in [3.8, 4) is 0 Å². The summed E-state index contributed by atoms with van der Waals surface area (Å²) in [4.78, 5) is 14.9. The summed E-state index contributed by atoms with van der Waals surface area (Å²) in [5, 5.41) is 0. The molecule has 1 rings (SSSR count). The first kappa shape index (κ1) is 21.4. The normalized spacial score (nSPS) is 11.4. The largest absolute Gasteiger partial charge is 0.463 e.